The number of anilines is 2. The van der Waals surface area contributed by atoms with Crippen molar-refractivity contribution in [1.29, 1.82) is 0 Å². The van der Waals surface area contributed by atoms with Crippen LogP contribution in [0.15, 0.2) is 12.4 Å². The molecule has 0 radical (unpaired) electrons. The van der Waals surface area contributed by atoms with Crippen LogP contribution in [0.4, 0.5) is 11.6 Å². The Morgan fingerprint density at radius 3 is 2.21 bits per heavy atom. The van der Waals surface area contributed by atoms with Crippen molar-refractivity contribution in [3.63, 3.8) is 0 Å². The van der Waals surface area contributed by atoms with Gasteiger partial charge in [-0.15, -0.1) is 0 Å². The first-order chi connectivity index (χ1) is 11.8. The molecule has 4 heterocycles. The molecule has 0 spiro atoms. The van der Waals surface area contributed by atoms with Crippen LogP contribution in [0.3, 0.4) is 0 Å². The molecule has 0 atom stereocenters. The standard InChI is InChI=1S/C16H24N6O2/c23-16(13-10-17-11-13)22-3-1-20(2-4-22)14-9-15(19-12-18-14)21-5-7-24-8-6-21/h9,12-13,17H,1-8,10-11H2. The fraction of sp³-hybridized carbons (Fsp3) is 0.688. The van der Waals surface area contributed by atoms with Crippen LogP contribution in [0.1, 0.15) is 0 Å². The number of amides is 1. The Labute approximate surface area is 141 Å². The van der Waals surface area contributed by atoms with Crippen molar-refractivity contribution in [1.82, 2.24) is 20.2 Å². The van der Waals surface area contributed by atoms with Crippen molar-refractivity contribution in [2.75, 3.05) is 75.4 Å². The van der Waals surface area contributed by atoms with E-state index in [1.807, 2.05) is 4.90 Å². The summed E-state index contributed by atoms with van der Waals surface area (Å²) in [5, 5.41) is 3.16. The largest absolute Gasteiger partial charge is 0.378 e. The number of morpholine rings is 1. The molecule has 130 valence electrons. The number of nitrogens with one attached hydrogen (secondary N) is 1. The molecule has 1 aromatic rings. The normalized spacial score (nSPS) is 22.4. The lowest BCUT2D eigenvalue weighted by molar-refractivity contribution is -0.137. The summed E-state index contributed by atoms with van der Waals surface area (Å²) in [7, 11) is 0. The van der Waals surface area contributed by atoms with Crippen molar-refractivity contribution >= 4 is 17.5 Å². The summed E-state index contributed by atoms with van der Waals surface area (Å²) in [5.41, 5.74) is 0. The van der Waals surface area contributed by atoms with Crippen LogP contribution in [-0.2, 0) is 9.53 Å². The number of piperazine rings is 1. The Hall–Kier alpha value is -1.93. The van der Waals surface area contributed by atoms with E-state index < -0.39 is 0 Å². The lowest BCUT2D eigenvalue weighted by Crippen LogP contribution is -2.56. The second-order valence-corrected chi connectivity index (χ2v) is 6.50. The summed E-state index contributed by atoms with van der Waals surface area (Å²) in [6, 6.07) is 2.05. The van der Waals surface area contributed by atoms with Gasteiger partial charge in [0.05, 0.1) is 19.1 Å². The minimum absolute atomic E-state index is 0.184. The zero-order valence-electron chi connectivity index (χ0n) is 13.9. The Bertz CT molecular complexity index is 580. The van der Waals surface area contributed by atoms with Crippen LogP contribution in [0.2, 0.25) is 0 Å². The van der Waals surface area contributed by atoms with E-state index in [9.17, 15) is 4.79 Å². The zero-order valence-corrected chi connectivity index (χ0v) is 13.9. The molecule has 0 unspecified atom stereocenters. The average molecular weight is 332 g/mol. The number of ether oxygens (including phenoxy) is 1. The third-order valence-corrected chi connectivity index (χ3v) is 5.02. The van der Waals surface area contributed by atoms with Gasteiger partial charge >= 0.3 is 0 Å². The third-order valence-electron chi connectivity index (χ3n) is 5.02. The van der Waals surface area contributed by atoms with Gasteiger partial charge in [0.25, 0.3) is 0 Å². The maximum Gasteiger partial charge on any atom is 0.228 e. The number of hydrogen-bond acceptors (Lipinski definition) is 7. The number of aromatic nitrogens is 2. The average Bonchev–Trinajstić information content (AvgIpc) is 2.61. The van der Waals surface area contributed by atoms with E-state index in [4.69, 9.17) is 4.74 Å². The fourth-order valence-electron chi connectivity index (χ4n) is 3.35. The van der Waals surface area contributed by atoms with Crippen molar-refractivity contribution in [3.8, 4) is 0 Å². The molecule has 1 aromatic heterocycles. The molecule has 1 amide bonds. The highest BCUT2D eigenvalue weighted by Crippen LogP contribution is 2.20. The van der Waals surface area contributed by atoms with Gasteiger partial charge in [0.2, 0.25) is 5.91 Å². The molecule has 0 aromatic carbocycles. The van der Waals surface area contributed by atoms with E-state index >= 15 is 0 Å². The smallest absolute Gasteiger partial charge is 0.228 e. The molecule has 0 bridgehead atoms. The summed E-state index contributed by atoms with van der Waals surface area (Å²) in [4.78, 5) is 27.6. The first kappa shape index (κ1) is 15.6. The highest BCUT2D eigenvalue weighted by molar-refractivity contribution is 5.80. The topological polar surface area (TPSA) is 73.8 Å². The molecule has 3 aliphatic heterocycles. The molecule has 4 rings (SSSR count). The maximum absolute atomic E-state index is 12.3. The molecule has 1 N–H and O–H groups in total. The number of carbonyl (C=O) groups is 1. The lowest BCUT2D eigenvalue weighted by atomic mass is 10.0. The van der Waals surface area contributed by atoms with Gasteiger partial charge in [-0.05, 0) is 0 Å². The maximum atomic E-state index is 12.3. The highest BCUT2D eigenvalue weighted by Gasteiger charge is 2.31. The van der Waals surface area contributed by atoms with E-state index in [-0.39, 0.29) is 5.92 Å². The first-order valence-electron chi connectivity index (χ1n) is 8.70. The van der Waals surface area contributed by atoms with Gasteiger partial charge in [-0.3, -0.25) is 4.79 Å². The van der Waals surface area contributed by atoms with Gasteiger partial charge in [-0.2, -0.15) is 0 Å². The second kappa shape index (κ2) is 6.90. The molecule has 0 aliphatic carbocycles. The Morgan fingerprint density at radius 2 is 1.62 bits per heavy atom. The Balaban J connectivity index is 1.37. The molecular formula is C16H24N6O2. The first-order valence-corrected chi connectivity index (χ1v) is 8.70. The highest BCUT2D eigenvalue weighted by atomic mass is 16.5. The van der Waals surface area contributed by atoms with Crippen molar-refractivity contribution in [2.24, 2.45) is 5.92 Å². The van der Waals surface area contributed by atoms with Crippen molar-refractivity contribution < 1.29 is 9.53 Å². The van der Waals surface area contributed by atoms with Gasteiger partial charge < -0.3 is 24.8 Å². The Morgan fingerprint density at radius 1 is 1.00 bits per heavy atom. The summed E-state index contributed by atoms with van der Waals surface area (Å²) in [5.74, 6) is 2.39. The SMILES string of the molecule is O=C(C1CNC1)N1CCN(c2cc(N3CCOCC3)ncn2)CC1. The van der Waals surface area contributed by atoms with Crippen LogP contribution in [0.25, 0.3) is 0 Å². The fourth-order valence-corrected chi connectivity index (χ4v) is 3.35. The summed E-state index contributed by atoms with van der Waals surface area (Å²) < 4.78 is 5.40. The number of hydrogen-bond donors (Lipinski definition) is 1. The van der Waals surface area contributed by atoms with E-state index in [1.54, 1.807) is 6.33 Å². The number of carbonyl (C=O) groups excluding carboxylic acids is 1. The van der Waals surface area contributed by atoms with Crippen LogP contribution in [0, 0.1) is 5.92 Å². The molecule has 8 nitrogen and oxygen atoms in total. The van der Waals surface area contributed by atoms with Crippen LogP contribution >= 0.6 is 0 Å². The van der Waals surface area contributed by atoms with Crippen LogP contribution in [-0.4, -0.2) is 86.3 Å². The molecule has 3 saturated heterocycles. The molecule has 3 aliphatic rings. The molecule has 24 heavy (non-hydrogen) atoms. The van der Waals surface area contributed by atoms with Gasteiger partial charge in [-0.25, -0.2) is 9.97 Å². The predicted molar refractivity (Wildman–Crippen MR) is 90.2 cm³/mol. The molecule has 8 heteroatoms. The summed E-state index contributed by atoms with van der Waals surface area (Å²) >= 11 is 0. The summed E-state index contributed by atoms with van der Waals surface area (Å²) in [6.07, 6.45) is 1.64. The van der Waals surface area contributed by atoms with E-state index in [1.165, 1.54) is 0 Å². The quantitative estimate of drug-likeness (QED) is 0.775. The number of nitrogens with zero attached hydrogens (tertiary/aromatic N) is 5. The Kier molecular flexibility index (Phi) is 4.48. The van der Waals surface area contributed by atoms with Gasteiger partial charge in [0, 0.05) is 58.4 Å². The van der Waals surface area contributed by atoms with Crippen molar-refractivity contribution in [2.45, 2.75) is 0 Å². The van der Waals surface area contributed by atoms with Crippen LogP contribution in [0.5, 0.6) is 0 Å². The van der Waals surface area contributed by atoms with E-state index in [2.05, 4.69) is 31.2 Å². The third kappa shape index (κ3) is 3.16. The van der Waals surface area contributed by atoms with E-state index in [0.717, 1.165) is 77.2 Å². The minimum atomic E-state index is 0.184. The monoisotopic (exact) mass is 332 g/mol. The minimum Gasteiger partial charge on any atom is -0.378 e. The van der Waals surface area contributed by atoms with Crippen LogP contribution < -0.4 is 15.1 Å². The number of rotatable bonds is 3. The van der Waals surface area contributed by atoms with Gasteiger partial charge in [0.15, 0.2) is 0 Å². The summed E-state index contributed by atoms with van der Waals surface area (Å²) in [6.45, 7) is 8.08. The molecule has 0 saturated carbocycles. The van der Waals surface area contributed by atoms with Gasteiger partial charge in [0.1, 0.15) is 18.0 Å². The molecular weight excluding hydrogens is 308 g/mol. The van der Waals surface area contributed by atoms with Gasteiger partial charge in [-0.1, -0.05) is 0 Å². The predicted octanol–water partition coefficient (Wildman–Crippen LogP) is -0.819. The zero-order chi connectivity index (χ0) is 16.4. The molecule has 3 fully saturated rings. The lowest BCUT2D eigenvalue weighted by Gasteiger charge is -2.39. The van der Waals surface area contributed by atoms with E-state index in [0.29, 0.717) is 5.91 Å². The second-order valence-electron chi connectivity index (χ2n) is 6.50. The van der Waals surface area contributed by atoms with Crippen molar-refractivity contribution in [3.05, 3.63) is 12.4 Å².